The van der Waals surface area contributed by atoms with Crippen molar-refractivity contribution in [1.29, 1.82) is 0 Å². The predicted molar refractivity (Wildman–Crippen MR) is 124 cm³/mol. The number of para-hydroxylation sites is 1. The van der Waals surface area contributed by atoms with Gasteiger partial charge in [0.05, 0.1) is 6.04 Å². The van der Waals surface area contributed by atoms with Crippen molar-refractivity contribution in [2.24, 2.45) is 0 Å². The molecule has 1 aromatic carbocycles. The van der Waals surface area contributed by atoms with Crippen LogP contribution in [0.5, 0.6) is 5.75 Å². The van der Waals surface area contributed by atoms with Gasteiger partial charge in [-0.1, -0.05) is 44.9 Å². The largest absolute Gasteiger partial charge is 0.492 e. The highest BCUT2D eigenvalue weighted by atomic mass is 16.5. The van der Waals surface area contributed by atoms with Gasteiger partial charge < -0.3 is 19.9 Å². The number of rotatable bonds is 9. The normalized spacial score (nSPS) is 16.7. The van der Waals surface area contributed by atoms with Crippen molar-refractivity contribution in [2.75, 3.05) is 32.8 Å². The molecular formula is C25H36N4O2. The lowest BCUT2D eigenvalue weighted by Gasteiger charge is -2.30. The van der Waals surface area contributed by atoms with Crippen molar-refractivity contribution in [1.82, 2.24) is 20.1 Å². The lowest BCUT2D eigenvalue weighted by atomic mass is 10.0. The van der Waals surface area contributed by atoms with Crippen LogP contribution in [0.15, 0.2) is 48.8 Å². The Bertz CT molecular complexity index is 795. The molecule has 0 bridgehead atoms. The molecule has 2 aromatic rings. The fraction of sp³-hybridized carbons (Fsp3) is 0.520. The Labute approximate surface area is 186 Å². The first-order valence-corrected chi connectivity index (χ1v) is 11.6. The third-order valence-corrected chi connectivity index (χ3v) is 6.07. The second-order valence-corrected chi connectivity index (χ2v) is 7.98. The zero-order valence-corrected chi connectivity index (χ0v) is 18.9. The van der Waals surface area contributed by atoms with E-state index in [9.17, 15) is 4.79 Å². The predicted octanol–water partition coefficient (Wildman–Crippen LogP) is 4.63. The highest BCUT2D eigenvalue weighted by molar-refractivity contribution is 5.75. The van der Waals surface area contributed by atoms with E-state index < -0.39 is 0 Å². The van der Waals surface area contributed by atoms with E-state index in [0.29, 0.717) is 13.2 Å². The summed E-state index contributed by atoms with van der Waals surface area (Å²) in [6.07, 6.45) is 7.95. The number of aromatic nitrogens is 1. The summed E-state index contributed by atoms with van der Waals surface area (Å²) in [4.78, 5) is 21.6. The molecular weight excluding hydrogens is 388 g/mol. The Morgan fingerprint density at radius 3 is 2.68 bits per heavy atom. The third kappa shape index (κ3) is 6.69. The second-order valence-electron chi connectivity index (χ2n) is 7.98. The zero-order chi connectivity index (χ0) is 21.9. The number of amides is 2. The van der Waals surface area contributed by atoms with Gasteiger partial charge in [0.15, 0.2) is 0 Å². The van der Waals surface area contributed by atoms with E-state index in [1.807, 2.05) is 53.7 Å². The molecule has 1 aromatic heterocycles. The van der Waals surface area contributed by atoms with E-state index in [-0.39, 0.29) is 12.1 Å². The summed E-state index contributed by atoms with van der Waals surface area (Å²) < 4.78 is 6.05. The van der Waals surface area contributed by atoms with Gasteiger partial charge in [0.2, 0.25) is 0 Å². The van der Waals surface area contributed by atoms with Gasteiger partial charge in [-0.25, -0.2) is 4.79 Å². The fourth-order valence-electron chi connectivity index (χ4n) is 4.17. The van der Waals surface area contributed by atoms with Gasteiger partial charge in [-0.3, -0.25) is 4.98 Å². The molecule has 6 heteroatoms. The number of likely N-dealkylation sites (tertiary alicyclic amines) is 1. The number of ether oxygens (including phenoxy) is 1. The van der Waals surface area contributed by atoms with Gasteiger partial charge in [-0.2, -0.15) is 0 Å². The Morgan fingerprint density at radius 2 is 1.90 bits per heavy atom. The molecule has 2 amide bonds. The molecule has 1 aliphatic heterocycles. The van der Waals surface area contributed by atoms with Crippen molar-refractivity contribution in [3.05, 3.63) is 59.9 Å². The number of carbonyl (C=O) groups excluding carboxylic acids is 1. The summed E-state index contributed by atoms with van der Waals surface area (Å²) in [7, 11) is 0. The van der Waals surface area contributed by atoms with E-state index in [0.717, 1.165) is 68.7 Å². The van der Waals surface area contributed by atoms with Gasteiger partial charge in [0.1, 0.15) is 12.4 Å². The Morgan fingerprint density at radius 1 is 1.13 bits per heavy atom. The van der Waals surface area contributed by atoms with Crippen LogP contribution in [-0.2, 0) is 6.54 Å². The standard InChI is InChI=1S/C25H36N4O2/c1-3-28(4-2)18-19-31-24-12-8-7-10-22(24)20-27-25(30)29-17-9-5-6-11-23(29)21-13-15-26-16-14-21/h7-8,10,12-16,23H,3-6,9,11,17-20H2,1-2H3,(H,27,30). The molecule has 1 unspecified atom stereocenters. The van der Waals surface area contributed by atoms with Gasteiger partial charge >= 0.3 is 6.03 Å². The minimum Gasteiger partial charge on any atom is -0.492 e. The molecule has 6 nitrogen and oxygen atoms in total. The number of nitrogens with zero attached hydrogens (tertiary/aromatic N) is 3. The Kier molecular flexibility index (Phi) is 9.16. The van der Waals surface area contributed by atoms with E-state index in [2.05, 4.69) is 29.0 Å². The van der Waals surface area contributed by atoms with Gasteiger partial charge in [-0.05, 0) is 49.7 Å². The molecule has 168 valence electrons. The average molecular weight is 425 g/mol. The second kappa shape index (κ2) is 12.3. The highest BCUT2D eigenvalue weighted by Crippen LogP contribution is 2.30. The van der Waals surface area contributed by atoms with E-state index >= 15 is 0 Å². The molecule has 0 radical (unpaired) electrons. The molecule has 2 heterocycles. The van der Waals surface area contributed by atoms with Crippen LogP contribution in [0.25, 0.3) is 0 Å². The molecule has 1 N–H and O–H groups in total. The number of benzene rings is 1. The molecule has 31 heavy (non-hydrogen) atoms. The molecule has 0 spiro atoms. The minimum atomic E-state index is -0.0124. The van der Waals surface area contributed by atoms with Crippen molar-refractivity contribution in [2.45, 2.75) is 52.1 Å². The average Bonchev–Trinajstić information content (AvgIpc) is 3.08. The first-order chi connectivity index (χ1) is 15.2. The van der Waals surface area contributed by atoms with Gasteiger partial charge in [0, 0.05) is 37.6 Å². The van der Waals surface area contributed by atoms with Gasteiger partial charge in [-0.15, -0.1) is 0 Å². The number of carbonyl (C=O) groups is 1. The summed E-state index contributed by atoms with van der Waals surface area (Å²) in [6, 6.07) is 12.1. The van der Waals surface area contributed by atoms with Crippen molar-refractivity contribution in [3.63, 3.8) is 0 Å². The molecule has 1 atom stereocenters. The van der Waals surface area contributed by atoms with E-state index in [4.69, 9.17) is 4.74 Å². The minimum absolute atomic E-state index is 0.0124. The molecule has 1 fully saturated rings. The van der Waals surface area contributed by atoms with Crippen LogP contribution in [0, 0.1) is 0 Å². The van der Waals surface area contributed by atoms with Crippen LogP contribution in [0.4, 0.5) is 4.79 Å². The van der Waals surface area contributed by atoms with Crippen LogP contribution < -0.4 is 10.1 Å². The topological polar surface area (TPSA) is 57.7 Å². The fourth-order valence-corrected chi connectivity index (χ4v) is 4.17. The summed E-state index contributed by atoms with van der Waals surface area (Å²) in [5.74, 6) is 0.844. The van der Waals surface area contributed by atoms with Crippen molar-refractivity contribution >= 4 is 6.03 Å². The Hall–Kier alpha value is -2.60. The maximum atomic E-state index is 13.2. The van der Waals surface area contributed by atoms with Crippen LogP contribution in [-0.4, -0.2) is 53.6 Å². The SMILES string of the molecule is CCN(CC)CCOc1ccccc1CNC(=O)N1CCCCCC1c1ccncc1. The number of likely N-dealkylation sites (N-methyl/N-ethyl adjacent to an activating group) is 1. The summed E-state index contributed by atoms with van der Waals surface area (Å²) in [5.41, 5.74) is 2.16. The third-order valence-electron chi connectivity index (χ3n) is 6.07. The maximum Gasteiger partial charge on any atom is 0.318 e. The Balaban J connectivity index is 1.61. The quantitative estimate of drug-likeness (QED) is 0.638. The molecule has 3 rings (SSSR count). The molecule has 1 aliphatic rings. The first kappa shape index (κ1) is 23.1. The number of pyridine rings is 1. The molecule has 0 aliphatic carbocycles. The highest BCUT2D eigenvalue weighted by Gasteiger charge is 2.26. The maximum absolute atomic E-state index is 13.2. The summed E-state index contributed by atoms with van der Waals surface area (Å²) in [6.45, 7) is 9.14. The monoisotopic (exact) mass is 424 g/mol. The number of urea groups is 1. The van der Waals surface area contributed by atoms with Crippen LogP contribution >= 0.6 is 0 Å². The lowest BCUT2D eigenvalue weighted by molar-refractivity contribution is 0.175. The van der Waals surface area contributed by atoms with E-state index in [1.54, 1.807) is 0 Å². The first-order valence-electron chi connectivity index (χ1n) is 11.6. The van der Waals surface area contributed by atoms with Gasteiger partial charge in [0.25, 0.3) is 0 Å². The summed E-state index contributed by atoms with van der Waals surface area (Å²) >= 11 is 0. The summed E-state index contributed by atoms with van der Waals surface area (Å²) in [5, 5.41) is 3.14. The molecule has 1 saturated heterocycles. The van der Waals surface area contributed by atoms with Crippen molar-refractivity contribution < 1.29 is 9.53 Å². The van der Waals surface area contributed by atoms with Crippen LogP contribution in [0.3, 0.4) is 0 Å². The lowest BCUT2D eigenvalue weighted by Crippen LogP contribution is -2.42. The molecule has 0 saturated carbocycles. The van der Waals surface area contributed by atoms with Crippen LogP contribution in [0.1, 0.15) is 56.7 Å². The van der Waals surface area contributed by atoms with Crippen LogP contribution in [0.2, 0.25) is 0 Å². The van der Waals surface area contributed by atoms with Crippen molar-refractivity contribution in [3.8, 4) is 5.75 Å². The number of hydrogen-bond donors (Lipinski definition) is 1. The smallest absolute Gasteiger partial charge is 0.318 e. The zero-order valence-electron chi connectivity index (χ0n) is 18.9. The van der Waals surface area contributed by atoms with E-state index in [1.165, 1.54) is 0 Å². The number of nitrogens with one attached hydrogen (secondary N) is 1. The number of hydrogen-bond acceptors (Lipinski definition) is 4.